The zero-order chi connectivity index (χ0) is 13.0. The Balaban J connectivity index is 2.12. The van der Waals surface area contributed by atoms with E-state index >= 15 is 0 Å². The second kappa shape index (κ2) is 5.98. The highest BCUT2D eigenvalue weighted by Crippen LogP contribution is 2.30. The third-order valence-electron chi connectivity index (χ3n) is 2.88. The van der Waals surface area contributed by atoms with Gasteiger partial charge in [0.25, 0.3) is 0 Å². The lowest BCUT2D eigenvalue weighted by atomic mass is 10.0. The predicted molar refractivity (Wildman–Crippen MR) is 76.1 cm³/mol. The highest BCUT2D eigenvalue weighted by Gasteiger charge is 2.08. The topological polar surface area (TPSA) is 48.1 Å². The minimum absolute atomic E-state index is 0.255. The fourth-order valence-electron chi connectivity index (χ4n) is 1.81. The molecule has 1 heterocycles. The summed E-state index contributed by atoms with van der Waals surface area (Å²) in [6.07, 6.45) is 2.04. The number of ether oxygens (including phenoxy) is 1. The lowest BCUT2D eigenvalue weighted by Gasteiger charge is -2.06. The molecule has 0 spiro atoms. The molecule has 2 aromatic rings. The first-order valence-electron chi connectivity index (χ1n) is 6.04. The molecule has 2 N–H and O–H groups in total. The van der Waals surface area contributed by atoms with Crippen LogP contribution < -0.4 is 10.5 Å². The Morgan fingerprint density at radius 1 is 1.33 bits per heavy atom. The molecule has 4 heteroatoms. The summed E-state index contributed by atoms with van der Waals surface area (Å²) in [5, 5.41) is 2.01. The maximum absolute atomic E-state index is 5.76. The number of benzene rings is 1. The summed E-state index contributed by atoms with van der Waals surface area (Å²) in [6.45, 7) is 2.04. The fourth-order valence-corrected chi connectivity index (χ4v) is 2.47. The highest BCUT2D eigenvalue weighted by atomic mass is 32.1. The van der Waals surface area contributed by atoms with Gasteiger partial charge < -0.3 is 10.5 Å². The van der Waals surface area contributed by atoms with Crippen LogP contribution in [0.15, 0.2) is 29.6 Å². The van der Waals surface area contributed by atoms with Gasteiger partial charge >= 0.3 is 0 Å². The molecule has 3 nitrogen and oxygen atoms in total. The minimum Gasteiger partial charge on any atom is -0.480 e. The summed E-state index contributed by atoms with van der Waals surface area (Å²) in [7, 11) is 1.65. The van der Waals surface area contributed by atoms with Gasteiger partial charge in [-0.15, -0.1) is 0 Å². The van der Waals surface area contributed by atoms with Gasteiger partial charge in [-0.05, 0) is 42.4 Å². The van der Waals surface area contributed by atoms with Gasteiger partial charge in [0.1, 0.15) is 0 Å². The van der Waals surface area contributed by atoms with E-state index in [1.54, 1.807) is 7.11 Å². The van der Waals surface area contributed by atoms with Crippen LogP contribution in [0.25, 0.3) is 11.1 Å². The van der Waals surface area contributed by atoms with E-state index < -0.39 is 0 Å². The van der Waals surface area contributed by atoms with E-state index in [4.69, 9.17) is 10.5 Å². The molecule has 1 atom stereocenters. The van der Waals surface area contributed by atoms with E-state index in [1.165, 1.54) is 17.1 Å². The third kappa shape index (κ3) is 3.09. The standard InChI is InChI=1S/C14H18N2OS/c1-10(15)3-4-11-5-7-12(8-6-11)13-9-18-16-14(13)17-2/h5-10H,3-4,15H2,1-2H3. The van der Waals surface area contributed by atoms with Crippen molar-refractivity contribution in [2.24, 2.45) is 5.73 Å². The van der Waals surface area contributed by atoms with Crippen molar-refractivity contribution in [1.82, 2.24) is 4.37 Å². The quantitative estimate of drug-likeness (QED) is 0.900. The summed E-state index contributed by atoms with van der Waals surface area (Å²) in [5.41, 5.74) is 9.28. The van der Waals surface area contributed by atoms with Crippen LogP contribution in [0.1, 0.15) is 18.9 Å². The van der Waals surface area contributed by atoms with Crippen molar-refractivity contribution in [1.29, 1.82) is 0 Å². The van der Waals surface area contributed by atoms with Crippen LogP contribution in [0.4, 0.5) is 0 Å². The molecule has 0 saturated carbocycles. The van der Waals surface area contributed by atoms with E-state index in [1.807, 2.05) is 12.3 Å². The number of nitrogens with two attached hydrogens (primary N) is 1. The molecule has 96 valence electrons. The molecule has 0 bridgehead atoms. The van der Waals surface area contributed by atoms with E-state index in [9.17, 15) is 0 Å². The number of aromatic nitrogens is 1. The Morgan fingerprint density at radius 2 is 2.06 bits per heavy atom. The Labute approximate surface area is 112 Å². The number of hydrogen-bond acceptors (Lipinski definition) is 4. The first-order chi connectivity index (χ1) is 8.70. The summed E-state index contributed by atoms with van der Waals surface area (Å²) >= 11 is 1.41. The largest absolute Gasteiger partial charge is 0.480 e. The second-order valence-corrected chi connectivity index (χ2v) is 5.08. The SMILES string of the molecule is COc1nscc1-c1ccc(CCC(C)N)cc1. The zero-order valence-corrected chi connectivity index (χ0v) is 11.5. The van der Waals surface area contributed by atoms with Crippen molar-refractivity contribution in [3.8, 4) is 17.0 Å². The van der Waals surface area contributed by atoms with Gasteiger partial charge in [0.15, 0.2) is 0 Å². The molecule has 1 unspecified atom stereocenters. The summed E-state index contributed by atoms with van der Waals surface area (Å²) in [6, 6.07) is 8.78. The molecule has 0 fully saturated rings. The average Bonchev–Trinajstić information content (AvgIpc) is 2.85. The molecule has 0 saturated heterocycles. The molecular weight excluding hydrogens is 244 g/mol. The van der Waals surface area contributed by atoms with E-state index in [-0.39, 0.29) is 6.04 Å². The van der Waals surface area contributed by atoms with Gasteiger partial charge in [-0.3, -0.25) is 0 Å². The van der Waals surface area contributed by atoms with Crippen molar-refractivity contribution in [2.75, 3.05) is 7.11 Å². The smallest absolute Gasteiger partial charge is 0.232 e. The van der Waals surface area contributed by atoms with Crippen LogP contribution >= 0.6 is 11.5 Å². The molecule has 0 aliphatic rings. The monoisotopic (exact) mass is 262 g/mol. The van der Waals surface area contributed by atoms with Crippen LogP contribution in [0.2, 0.25) is 0 Å². The summed E-state index contributed by atoms with van der Waals surface area (Å²) in [4.78, 5) is 0. The Hall–Kier alpha value is -1.39. The van der Waals surface area contributed by atoms with Gasteiger partial charge in [-0.1, -0.05) is 24.3 Å². The first-order valence-corrected chi connectivity index (χ1v) is 6.87. The fraction of sp³-hybridized carbons (Fsp3) is 0.357. The number of nitrogens with zero attached hydrogens (tertiary/aromatic N) is 1. The average molecular weight is 262 g/mol. The molecule has 0 aliphatic carbocycles. The Kier molecular flexibility index (Phi) is 4.33. The lowest BCUT2D eigenvalue weighted by molar-refractivity contribution is 0.404. The number of hydrogen-bond donors (Lipinski definition) is 1. The molecule has 2 rings (SSSR count). The third-order valence-corrected chi connectivity index (χ3v) is 3.50. The number of rotatable bonds is 5. The van der Waals surface area contributed by atoms with Gasteiger partial charge in [0, 0.05) is 11.4 Å². The van der Waals surface area contributed by atoms with Crippen LogP contribution in [0.5, 0.6) is 5.88 Å². The van der Waals surface area contributed by atoms with E-state index in [2.05, 4.69) is 28.6 Å². The minimum atomic E-state index is 0.255. The zero-order valence-electron chi connectivity index (χ0n) is 10.7. The lowest BCUT2D eigenvalue weighted by Crippen LogP contribution is -2.15. The summed E-state index contributed by atoms with van der Waals surface area (Å²) < 4.78 is 9.43. The van der Waals surface area contributed by atoms with E-state index in [0.29, 0.717) is 5.88 Å². The van der Waals surface area contributed by atoms with Crippen molar-refractivity contribution < 1.29 is 4.74 Å². The van der Waals surface area contributed by atoms with Crippen LogP contribution in [0, 0.1) is 0 Å². The molecule has 18 heavy (non-hydrogen) atoms. The molecule has 0 aliphatic heterocycles. The molecular formula is C14H18N2OS. The van der Waals surface area contributed by atoms with E-state index in [0.717, 1.165) is 24.0 Å². The number of methoxy groups -OCH3 is 1. The van der Waals surface area contributed by atoms with Crippen LogP contribution in [0.3, 0.4) is 0 Å². The van der Waals surface area contributed by atoms with Gasteiger partial charge in [-0.25, -0.2) is 0 Å². The van der Waals surface area contributed by atoms with Gasteiger partial charge in [-0.2, -0.15) is 4.37 Å². The molecule has 0 amide bonds. The normalized spacial score (nSPS) is 12.4. The van der Waals surface area contributed by atoms with Crippen LogP contribution in [-0.2, 0) is 6.42 Å². The highest BCUT2D eigenvalue weighted by molar-refractivity contribution is 7.04. The van der Waals surface area contributed by atoms with Crippen molar-refractivity contribution >= 4 is 11.5 Å². The Morgan fingerprint density at radius 3 is 2.67 bits per heavy atom. The van der Waals surface area contributed by atoms with Crippen molar-refractivity contribution in [2.45, 2.75) is 25.8 Å². The second-order valence-electron chi connectivity index (χ2n) is 4.45. The van der Waals surface area contributed by atoms with Crippen LogP contribution in [-0.4, -0.2) is 17.5 Å². The Bertz CT molecular complexity index is 491. The van der Waals surface area contributed by atoms with Gasteiger partial charge in [0.05, 0.1) is 12.7 Å². The van der Waals surface area contributed by atoms with Crippen molar-refractivity contribution in [3.05, 3.63) is 35.2 Å². The maximum Gasteiger partial charge on any atom is 0.232 e. The molecule has 1 aromatic carbocycles. The number of aryl methyl sites for hydroxylation is 1. The molecule has 0 radical (unpaired) electrons. The maximum atomic E-state index is 5.76. The van der Waals surface area contributed by atoms with Gasteiger partial charge in [0.2, 0.25) is 5.88 Å². The first kappa shape index (κ1) is 13.1. The predicted octanol–water partition coefficient (Wildman–Crippen LogP) is 3.10. The van der Waals surface area contributed by atoms with Crippen molar-refractivity contribution in [3.63, 3.8) is 0 Å². The molecule has 1 aromatic heterocycles. The summed E-state index contributed by atoms with van der Waals surface area (Å²) in [5.74, 6) is 0.698.